The maximum Gasteiger partial charge on any atom is 0.268 e. The molecule has 1 fully saturated rings. The number of nitrogens with one attached hydrogen (secondary N) is 1. The average molecular weight is 373 g/mol. The molecule has 1 aromatic carbocycles. The Morgan fingerprint density at radius 2 is 1.93 bits per heavy atom. The highest BCUT2D eigenvalue weighted by Gasteiger charge is 2.34. The van der Waals surface area contributed by atoms with Gasteiger partial charge >= 0.3 is 0 Å². The molecule has 0 spiro atoms. The molecule has 6 nitrogen and oxygen atoms in total. The summed E-state index contributed by atoms with van der Waals surface area (Å²) in [5, 5.41) is 2.99. The lowest BCUT2D eigenvalue weighted by molar-refractivity contribution is -0.129. The second-order valence-electron chi connectivity index (χ2n) is 7.62. The molecule has 0 aromatic heterocycles. The van der Waals surface area contributed by atoms with Crippen LogP contribution in [0, 0.1) is 0 Å². The van der Waals surface area contributed by atoms with E-state index in [1.807, 2.05) is 31.2 Å². The van der Waals surface area contributed by atoms with E-state index < -0.39 is 6.10 Å². The summed E-state index contributed by atoms with van der Waals surface area (Å²) >= 11 is 0. The molecule has 2 heterocycles. The van der Waals surface area contributed by atoms with Crippen LogP contribution in [0.3, 0.4) is 0 Å². The highest BCUT2D eigenvalue weighted by atomic mass is 16.5. The number of fused-ring (bicyclic) bond motifs is 1. The maximum absolute atomic E-state index is 12.7. The Morgan fingerprint density at radius 1 is 1.22 bits per heavy atom. The van der Waals surface area contributed by atoms with Crippen molar-refractivity contribution in [1.29, 1.82) is 0 Å². The first kappa shape index (κ1) is 19.7. The predicted octanol–water partition coefficient (Wildman–Crippen LogP) is 2.57. The molecule has 0 unspecified atom stereocenters. The first-order valence-corrected chi connectivity index (χ1v) is 10.1. The number of benzene rings is 1. The highest BCUT2D eigenvalue weighted by Crippen LogP contribution is 2.34. The number of hydrogen-bond acceptors (Lipinski definition) is 4. The minimum Gasteiger partial charge on any atom is -0.478 e. The lowest BCUT2D eigenvalue weighted by Gasteiger charge is -2.39. The van der Waals surface area contributed by atoms with Gasteiger partial charge in [0.2, 0.25) is 5.91 Å². The molecule has 1 N–H and O–H groups in total. The van der Waals surface area contributed by atoms with Gasteiger partial charge in [-0.3, -0.25) is 19.4 Å². The van der Waals surface area contributed by atoms with Crippen LogP contribution >= 0.6 is 0 Å². The van der Waals surface area contributed by atoms with Crippen molar-refractivity contribution in [3.63, 3.8) is 0 Å². The van der Waals surface area contributed by atoms with Gasteiger partial charge < -0.3 is 10.1 Å². The normalized spacial score (nSPS) is 25.7. The van der Waals surface area contributed by atoms with Gasteiger partial charge in [-0.15, -0.1) is 0 Å². The van der Waals surface area contributed by atoms with Gasteiger partial charge in [-0.05, 0) is 45.2 Å². The summed E-state index contributed by atoms with van der Waals surface area (Å²) in [4.78, 5) is 29.2. The Labute approximate surface area is 161 Å². The van der Waals surface area contributed by atoms with Crippen LogP contribution in [0.15, 0.2) is 24.3 Å². The lowest BCUT2D eigenvalue weighted by Crippen LogP contribution is -2.51. The molecule has 2 aliphatic heterocycles. The first-order valence-electron chi connectivity index (χ1n) is 10.1. The summed E-state index contributed by atoms with van der Waals surface area (Å²) < 4.78 is 5.76. The van der Waals surface area contributed by atoms with Crippen molar-refractivity contribution in [1.82, 2.24) is 10.2 Å². The van der Waals surface area contributed by atoms with Crippen LogP contribution in [0.5, 0.6) is 5.75 Å². The number of amides is 2. The van der Waals surface area contributed by atoms with E-state index >= 15 is 0 Å². The smallest absolute Gasteiger partial charge is 0.268 e. The van der Waals surface area contributed by atoms with Crippen molar-refractivity contribution in [2.24, 2.45) is 0 Å². The standard InChI is InChI=1S/C21H31N3O3/c1-4-18-21(26)24(17-10-5-6-11-19(17)27-18)14-20(25)22-12-13-23-15(2)8-7-9-16(23)3/h5-6,10-11,15-16,18H,4,7-9,12-14H2,1-3H3,(H,22,25)/t15-,16+,18-/m0/s1. The van der Waals surface area contributed by atoms with Crippen LogP contribution in [0.1, 0.15) is 46.5 Å². The second kappa shape index (κ2) is 8.74. The molecule has 2 amide bonds. The average Bonchev–Trinajstić information content (AvgIpc) is 2.66. The van der Waals surface area contributed by atoms with Gasteiger partial charge in [0.05, 0.1) is 5.69 Å². The van der Waals surface area contributed by atoms with Crippen molar-refractivity contribution < 1.29 is 14.3 Å². The topological polar surface area (TPSA) is 61.9 Å². The minimum atomic E-state index is -0.525. The number of rotatable bonds is 6. The van der Waals surface area contributed by atoms with E-state index in [1.165, 1.54) is 19.3 Å². The fraction of sp³-hybridized carbons (Fsp3) is 0.619. The van der Waals surface area contributed by atoms with Crippen molar-refractivity contribution in [2.75, 3.05) is 24.5 Å². The number of piperidine rings is 1. The van der Waals surface area contributed by atoms with Crippen molar-refractivity contribution in [2.45, 2.75) is 64.6 Å². The SMILES string of the molecule is CC[C@@H]1Oc2ccccc2N(CC(=O)NCCN2[C@H](C)CCC[C@@H]2C)C1=O. The number of carbonyl (C=O) groups is 2. The summed E-state index contributed by atoms with van der Waals surface area (Å²) in [6.45, 7) is 7.90. The maximum atomic E-state index is 12.7. The van der Waals surface area contributed by atoms with E-state index in [2.05, 4.69) is 24.1 Å². The summed E-state index contributed by atoms with van der Waals surface area (Å²) in [7, 11) is 0. The van der Waals surface area contributed by atoms with Crippen LogP contribution in [0.25, 0.3) is 0 Å². The number of hydrogen-bond donors (Lipinski definition) is 1. The molecule has 6 heteroatoms. The molecule has 0 radical (unpaired) electrons. The third-order valence-electron chi connectivity index (χ3n) is 5.71. The molecular weight excluding hydrogens is 342 g/mol. The van der Waals surface area contributed by atoms with Crippen LogP contribution < -0.4 is 15.0 Å². The van der Waals surface area contributed by atoms with Gasteiger partial charge in [-0.1, -0.05) is 25.5 Å². The fourth-order valence-electron chi connectivity index (χ4n) is 4.14. The van der Waals surface area contributed by atoms with Gasteiger partial charge in [0.15, 0.2) is 6.10 Å². The molecule has 0 aliphatic carbocycles. The van der Waals surface area contributed by atoms with Crippen LogP contribution in [-0.2, 0) is 9.59 Å². The number of nitrogens with zero attached hydrogens (tertiary/aromatic N) is 2. The number of anilines is 1. The van der Waals surface area contributed by atoms with Crippen LogP contribution in [0.4, 0.5) is 5.69 Å². The van der Waals surface area contributed by atoms with Crippen LogP contribution in [0.2, 0.25) is 0 Å². The van der Waals surface area contributed by atoms with Gasteiger partial charge in [-0.25, -0.2) is 0 Å². The van der Waals surface area contributed by atoms with Crippen molar-refractivity contribution in [3.8, 4) is 5.75 Å². The quantitative estimate of drug-likeness (QED) is 0.833. The van der Waals surface area contributed by atoms with Gasteiger partial charge in [0, 0.05) is 25.2 Å². The molecule has 148 valence electrons. The number of likely N-dealkylation sites (tertiary alicyclic amines) is 1. The molecular formula is C21H31N3O3. The Morgan fingerprint density at radius 3 is 2.63 bits per heavy atom. The third-order valence-corrected chi connectivity index (χ3v) is 5.71. The molecule has 1 aromatic rings. The Hall–Kier alpha value is -2.08. The zero-order valence-corrected chi connectivity index (χ0v) is 16.6. The zero-order valence-electron chi connectivity index (χ0n) is 16.6. The molecule has 3 atom stereocenters. The van der Waals surface area contributed by atoms with E-state index in [-0.39, 0.29) is 18.4 Å². The Kier molecular flexibility index (Phi) is 6.37. The van der Waals surface area contributed by atoms with Crippen molar-refractivity contribution in [3.05, 3.63) is 24.3 Å². The number of ether oxygens (including phenoxy) is 1. The summed E-state index contributed by atoms with van der Waals surface area (Å²) in [6.07, 6.45) is 3.77. The fourth-order valence-corrected chi connectivity index (χ4v) is 4.14. The molecule has 27 heavy (non-hydrogen) atoms. The van der Waals surface area contributed by atoms with E-state index in [9.17, 15) is 9.59 Å². The minimum absolute atomic E-state index is 0.0286. The molecule has 2 aliphatic rings. The second-order valence-corrected chi connectivity index (χ2v) is 7.62. The molecule has 1 saturated heterocycles. The Bertz CT molecular complexity index is 668. The lowest BCUT2D eigenvalue weighted by atomic mass is 9.98. The Balaban J connectivity index is 1.57. The molecule has 0 bridgehead atoms. The summed E-state index contributed by atoms with van der Waals surface area (Å²) in [5.74, 6) is 0.379. The van der Waals surface area contributed by atoms with Crippen molar-refractivity contribution >= 4 is 17.5 Å². The number of carbonyl (C=O) groups excluding carboxylic acids is 2. The molecule has 3 rings (SSSR count). The van der Waals surface area contributed by atoms with Gasteiger partial charge in [0.1, 0.15) is 12.3 Å². The van der Waals surface area contributed by atoms with E-state index in [0.717, 1.165) is 6.54 Å². The van der Waals surface area contributed by atoms with Gasteiger partial charge in [-0.2, -0.15) is 0 Å². The third kappa shape index (κ3) is 4.43. The van der Waals surface area contributed by atoms with Gasteiger partial charge in [0.25, 0.3) is 5.91 Å². The van der Waals surface area contributed by atoms with Crippen LogP contribution in [-0.4, -0.2) is 54.5 Å². The first-order chi connectivity index (χ1) is 13.0. The molecule has 0 saturated carbocycles. The summed E-state index contributed by atoms with van der Waals surface area (Å²) in [6, 6.07) is 8.51. The monoisotopic (exact) mass is 373 g/mol. The van der Waals surface area contributed by atoms with E-state index in [1.54, 1.807) is 4.90 Å². The highest BCUT2D eigenvalue weighted by molar-refractivity contribution is 6.03. The summed E-state index contributed by atoms with van der Waals surface area (Å²) in [5.41, 5.74) is 0.667. The number of para-hydroxylation sites is 2. The van der Waals surface area contributed by atoms with E-state index in [0.29, 0.717) is 36.5 Å². The largest absolute Gasteiger partial charge is 0.478 e. The zero-order chi connectivity index (χ0) is 19.4. The predicted molar refractivity (Wildman–Crippen MR) is 106 cm³/mol. The van der Waals surface area contributed by atoms with E-state index in [4.69, 9.17) is 4.74 Å².